The molecule has 4 nitrogen and oxygen atoms in total. The van der Waals surface area contributed by atoms with Crippen LogP contribution in [-0.2, 0) is 9.59 Å². The van der Waals surface area contributed by atoms with Gasteiger partial charge in [-0.3, -0.25) is 9.59 Å². The van der Waals surface area contributed by atoms with E-state index < -0.39 is 0 Å². The smallest absolute Gasteiger partial charge is 0.245 e. The normalized spacial score (nSPS) is 24.7. The molecule has 0 bridgehead atoms. The second-order valence-electron chi connectivity index (χ2n) is 4.21. The van der Waals surface area contributed by atoms with Gasteiger partial charge in [-0.25, -0.2) is 0 Å². The lowest BCUT2D eigenvalue weighted by Gasteiger charge is -2.28. The molecule has 0 saturated carbocycles. The van der Waals surface area contributed by atoms with Gasteiger partial charge in [0.15, 0.2) is 0 Å². The summed E-state index contributed by atoms with van der Waals surface area (Å²) in [6, 6.07) is -0.142. The Balaban J connectivity index is 2.70. The van der Waals surface area contributed by atoms with Crippen molar-refractivity contribution >= 4 is 11.8 Å². The molecule has 1 N–H and O–H groups in total. The minimum atomic E-state index is -0.376. The number of rotatable bonds is 3. The fourth-order valence-corrected chi connectivity index (χ4v) is 1.97. The van der Waals surface area contributed by atoms with Crippen molar-refractivity contribution in [3.05, 3.63) is 0 Å². The summed E-state index contributed by atoms with van der Waals surface area (Å²) in [6.45, 7) is 6.45. The van der Waals surface area contributed by atoms with Crippen LogP contribution < -0.4 is 5.32 Å². The minimum absolute atomic E-state index is 0.0259. The molecule has 1 aliphatic rings. The van der Waals surface area contributed by atoms with Crippen LogP contribution in [0.1, 0.15) is 40.0 Å². The molecule has 1 rings (SSSR count). The number of nitrogens with zero attached hydrogens (tertiary/aromatic N) is 1. The van der Waals surface area contributed by atoms with E-state index in [-0.39, 0.29) is 23.9 Å². The molecule has 0 radical (unpaired) electrons. The summed E-state index contributed by atoms with van der Waals surface area (Å²) in [6.07, 6.45) is 2.47. The summed E-state index contributed by atoms with van der Waals surface area (Å²) in [5, 5.41) is 2.69. The van der Waals surface area contributed by atoms with Crippen molar-refractivity contribution in [2.24, 2.45) is 0 Å². The summed E-state index contributed by atoms with van der Waals surface area (Å²) in [7, 11) is 0. The maximum absolute atomic E-state index is 11.9. The van der Waals surface area contributed by atoms with E-state index in [2.05, 4.69) is 12.2 Å². The van der Waals surface area contributed by atoms with E-state index in [1.165, 1.54) is 0 Å². The molecule has 1 saturated heterocycles. The van der Waals surface area contributed by atoms with E-state index in [1.54, 1.807) is 6.92 Å². The van der Waals surface area contributed by atoms with Crippen molar-refractivity contribution < 1.29 is 9.59 Å². The molecule has 2 amide bonds. The first-order valence-electron chi connectivity index (χ1n) is 5.66. The van der Waals surface area contributed by atoms with Gasteiger partial charge in [-0.1, -0.05) is 13.3 Å². The Bertz CT molecular complexity index is 253. The van der Waals surface area contributed by atoms with Gasteiger partial charge in [-0.05, 0) is 20.3 Å². The van der Waals surface area contributed by atoms with Crippen LogP contribution in [0.15, 0.2) is 0 Å². The van der Waals surface area contributed by atoms with Crippen molar-refractivity contribution in [1.29, 1.82) is 0 Å². The number of amides is 2. The fraction of sp³-hybridized carbons (Fsp3) is 0.818. The van der Waals surface area contributed by atoms with E-state index >= 15 is 0 Å². The molecule has 1 aliphatic heterocycles. The Morgan fingerprint density at radius 2 is 2.20 bits per heavy atom. The van der Waals surface area contributed by atoms with Crippen molar-refractivity contribution in [2.45, 2.75) is 52.1 Å². The molecule has 4 heteroatoms. The summed E-state index contributed by atoms with van der Waals surface area (Å²) >= 11 is 0. The third-order valence-electron chi connectivity index (χ3n) is 2.85. The first-order valence-corrected chi connectivity index (χ1v) is 5.66. The molecule has 0 aromatic heterocycles. The topological polar surface area (TPSA) is 49.4 Å². The predicted molar refractivity (Wildman–Crippen MR) is 58.3 cm³/mol. The van der Waals surface area contributed by atoms with Gasteiger partial charge < -0.3 is 10.2 Å². The van der Waals surface area contributed by atoms with Gasteiger partial charge in [0.1, 0.15) is 6.04 Å². The number of hydrogen-bond donors (Lipinski definition) is 1. The van der Waals surface area contributed by atoms with Crippen LogP contribution in [0.3, 0.4) is 0 Å². The molecule has 0 aliphatic carbocycles. The lowest BCUT2D eigenvalue weighted by atomic mass is 10.1. The lowest BCUT2D eigenvalue weighted by molar-refractivity contribution is -0.134. The highest BCUT2D eigenvalue weighted by atomic mass is 16.2. The molecule has 1 fully saturated rings. The summed E-state index contributed by atoms with van der Waals surface area (Å²) in [5.74, 6) is 0.0175. The Labute approximate surface area is 91.0 Å². The zero-order chi connectivity index (χ0) is 11.4. The minimum Gasteiger partial charge on any atom is -0.345 e. The lowest BCUT2D eigenvalue weighted by Crippen LogP contribution is -2.46. The molecule has 2 unspecified atom stereocenters. The van der Waals surface area contributed by atoms with E-state index in [4.69, 9.17) is 0 Å². The van der Waals surface area contributed by atoms with Crippen LogP contribution in [0.25, 0.3) is 0 Å². The van der Waals surface area contributed by atoms with Crippen LogP contribution >= 0.6 is 0 Å². The van der Waals surface area contributed by atoms with Gasteiger partial charge in [0.2, 0.25) is 11.8 Å². The predicted octanol–water partition coefficient (Wildman–Crippen LogP) is 0.912. The first-order chi connectivity index (χ1) is 7.06. The summed E-state index contributed by atoms with van der Waals surface area (Å²) < 4.78 is 0. The van der Waals surface area contributed by atoms with Crippen molar-refractivity contribution in [2.75, 3.05) is 6.54 Å². The van der Waals surface area contributed by atoms with Gasteiger partial charge in [0, 0.05) is 19.0 Å². The molecule has 0 aromatic carbocycles. The van der Waals surface area contributed by atoms with Gasteiger partial charge >= 0.3 is 0 Å². The van der Waals surface area contributed by atoms with Crippen molar-refractivity contribution in [3.63, 3.8) is 0 Å². The molecule has 0 aromatic rings. The largest absolute Gasteiger partial charge is 0.345 e. The Hall–Kier alpha value is -1.06. The maximum atomic E-state index is 11.9. The zero-order valence-electron chi connectivity index (χ0n) is 9.75. The number of carbonyl (C=O) groups is 2. The molecular formula is C11H20N2O2. The number of carbonyl (C=O) groups excluding carboxylic acids is 2. The van der Waals surface area contributed by atoms with E-state index in [0.717, 1.165) is 12.8 Å². The zero-order valence-corrected chi connectivity index (χ0v) is 9.75. The summed E-state index contributed by atoms with van der Waals surface area (Å²) in [5.41, 5.74) is 0. The molecule has 1 heterocycles. The Kier molecular flexibility index (Phi) is 4.12. The van der Waals surface area contributed by atoms with E-state index in [9.17, 15) is 9.59 Å². The summed E-state index contributed by atoms with van der Waals surface area (Å²) in [4.78, 5) is 25.0. The Morgan fingerprint density at radius 1 is 1.53 bits per heavy atom. The van der Waals surface area contributed by atoms with Crippen molar-refractivity contribution in [1.82, 2.24) is 10.2 Å². The van der Waals surface area contributed by atoms with Crippen LogP contribution in [0.5, 0.6) is 0 Å². The first kappa shape index (κ1) is 12.0. The highest BCUT2D eigenvalue weighted by Crippen LogP contribution is 2.11. The molecular weight excluding hydrogens is 192 g/mol. The quantitative estimate of drug-likeness (QED) is 0.756. The SMILES string of the molecule is CCCC(C)N1CCC(=O)NC(C)C1=O. The number of nitrogens with one attached hydrogen (secondary N) is 1. The molecule has 15 heavy (non-hydrogen) atoms. The highest BCUT2D eigenvalue weighted by molar-refractivity contribution is 5.89. The third kappa shape index (κ3) is 2.94. The van der Waals surface area contributed by atoms with Crippen LogP contribution in [-0.4, -0.2) is 35.3 Å². The molecule has 2 atom stereocenters. The molecule has 0 spiro atoms. The van der Waals surface area contributed by atoms with Gasteiger partial charge in [0.05, 0.1) is 0 Å². The van der Waals surface area contributed by atoms with Gasteiger partial charge in [-0.15, -0.1) is 0 Å². The van der Waals surface area contributed by atoms with Crippen LogP contribution in [0.2, 0.25) is 0 Å². The highest BCUT2D eigenvalue weighted by Gasteiger charge is 2.28. The van der Waals surface area contributed by atoms with E-state index in [0.29, 0.717) is 13.0 Å². The molecule has 86 valence electrons. The third-order valence-corrected chi connectivity index (χ3v) is 2.85. The van der Waals surface area contributed by atoms with Crippen LogP contribution in [0, 0.1) is 0 Å². The van der Waals surface area contributed by atoms with E-state index in [1.807, 2.05) is 11.8 Å². The second-order valence-corrected chi connectivity index (χ2v) is 4.21. The van der Waals surface area contributed by atoms with Gasteiger partial charge in [-0.2, -0.15) is 0 Å². The number of hydrogen-bond acceptors (Lipinski definition) is 2. The average molecular weight is 212 g/mol. The van der Waals surface area contributed by atoms with Gasteiger partial charge in [0.25, 0.3) is 0 Å². The standard InChI is InChI=1S/C11H20N2O2/c1-4-5-8(2)13-7-6-10(14)12-9(3)11(13)15/h8-9H,4-7H2,1-3H3,(H,12,14). The Morgan fingerprint density at radius 3 is 2.80 bits per heavy atom. The fourth-order valence-electron chi connectivity index (χ4n) is 1.97. The maximum Gasteiger partial charge on any atom is 0.245 e. The van der Waals surface area contributed by atoms with Crippen molar-refractivity contribution in [3.8, 4) is 0 Å². The monoisotopic (exact) mass is 212 g/mol. The average Bonchev–Trinajstić information content (AvgIpc) is 2.28. The second kappa shape index (κ2) is 5.14. The van der Waals surface area contributed by atoms with Crippen LogP contribution in [0.4, 0.5) is 0 Å².